The van der Waals surface area contributed by atoms with Gasteiger partial charge in [-0.05, 0) is 19.1 Å². The van der Waals surface area contributed by atoms with Crippen molar-refractivity contribution in [2.45, 2.75) is 19.4 Å². The van der Waals surface area contributed by atoms with Crippen molar-refractivity contribution >= 4 is 11.3 Å². The topological polar surface area (TPSA) is 38.9 Å². The molecule has 2 rings (SSSR count). The molecule has 0 fully saturated rings. The highest BCUT2D eigenvalue weighted by atomic mass is 32.1. The maximum Gasteiger partial charge on any atom is 0.136 e. The summed E-state index contributed by atoms with van der Waals surface area (Å²) in [6.07, 6.45) is 0.604. The standard InChI is InChI=1S/C12H12F2N2S/c1-7(15)5-8-6-17-12(16-8)11-9(13)3-2-4-10(11)14/h2-4,6-7H,5,15H2,1H3. The van der Waals surface area contributed by atoms with Crippen LogP contribution in [0.2, 0.25) is 0 Å². The lowest BCUT2D eigenvalue weighted by atomic mass is 10.2. The third-order valence-electron chi connectivity index (χ3n) is 2.26. The van der Waals surface area contributed by atoms with Crippen LogP contribution in [0.25, 0.3) is 10.6 Å². The molecule has 0 aliphatic heterocycles. The molecule has 1 aromatic heterocycles. The van der Waals surface area contributed by atoms with Gasteiger partial charge in [0.2, 0.25) is 0 Å². The first-order valence-electron chi connectivity index (χ1n) is 5.22. The molecule has 90 valence electrons. The molecule has 0 saturated heterocycles. The number of nitrogens with zero attached hydrogens (tertiary/aromatic N) is 1. The molecule has 0 bridgehead atoms. The molecule has 5 heteroatoms. The quantitative estimate of drug-likeness (QED) is 0.914. The van der Waals surface area contributed by atoms with E-state index in [1.807, 2.05) is 6.92 Å². The Kier molecular flexibility index (Phi) is 3.49. The van der Waals surface area contributed by atoms with Gasteiger partial charge in [0.1, 0.15) is 16.6 Å². The molecular formula is C12H12F2N2S. The number of hydrogen-bond acceptors (Lipinski definition) is 3. The third kappa shape index (κ3) is 2.68. The number of nitrogens with two attached hydrogens (primary N) is 1. The lowest BCUT2D eigenvalue weighted by Crippen LogP contribution is -2.17. The first kappa shape index (κ1) is 12.1. The average Bonchev–Trinajstić information content (AvgIpc) is 2.65. The number of hydrogen-bond donors (Lipinski definition) is 1. The van der Waals surface area contributed by atoms with Crippen LogP contribution < -0.4 is 5.73 Å². The van der Waals surface area contributed by atoms with Gasteiger partial charge in [-0.15, -0.1) is 11.3 Å². The lowest BCUT2D eigenvalue weighted by Gasteiger charge is -2.01. The number of halogens is 2. The molecule has 2 nitrogen and oxygen atoms in total. The van der Waals surface area contributed by atoms with Crippen molar-refractivity contribution in [2.24, 2.45) is 5.73 Å². The largest absolute Gasteiger partial charge is 0.328 e. The number of thiazole rings is 1. The van der Waals surface area contributed by atoms with Crippen LogP contribution in [0.15, 0.2) is 23.6 Å². The fourth-order valence-electron chi connectivity index (χ4n) is 1.55. The van der Waals surface area contributed by atoms with E-state index >= 15 is 0 Å². The molecule has 1 heterocycles. The predicted molar refractivity (Wildman–Crippen MR) is 64.8 cm³/mol. The van der Waals surface area contributed by atoms with Crippen LogP contribution >= 0.6 is 11.3 Å². The molecule has 0 amide bonds. The van der Waals surface area contributed by atoms with Crippen LogP contribution in [0, 0.1) is 11.6 Å². The maximum absolute atomic E-state index is 13.5. The van der Waals surface area contributed by atoms with Crippen molar-refractivity contribution in [3.05, 3.63) is 40.9 Å². The Balaban J connectivity index is 2.37. The highest BCUT2D eigenvalue weighted by molar-refractivity contribution is 7.13. The highest BCUT2D eigenvalue weighted by Crippen LogP contribution is 2.29. The van der Waals surface area contributed by atoms with Crippen molar-refractivity contribution < 1.29 is 8.78 Å². The van der Waals surface area contributed by atoms with E-state index in [9.17, 15) is 8.78 Å². The first-order valence-corrected chi connectivity index (χ1v) is 6.10. The number of aromatic nitrogens is 1. The second-order valence-corrected chi connectivity index (χ2v) is 4.78. The molecule has 0 aliphatic carbocycles. The zero-order valence-electron chi connectivity index (χ0n) is 9.28. The van der Waals surface area contributed by atoms with Gasteiger partial charge in [0, 0.05) is 17.8 Å². The Bertz CT molecular complexity index is 503. The van der Waals surface area contributed by atoms with Crippen molar-refractivity contribution in [1.82, 2.24) is 4.98 Å². The second-order valence-electron chi connectivity index (χ2n) is 3.92. The molecule has 0 aliphatic rings. The fourth-order valence-corrected chi connectivity index (χ4v) is 2.43. The predicted octanol–water partition coefficient (Wildman–Crippen LogP) is 2.98. The fraction of sp³-hybridized carbons (Fsp3) is 0.250. The molecule has 1 unspecified atom stereocenters. The van der Waals surface area contributed by atoms with Crippen molar-refractivity contribution in [3.8, 4) is 10.6 Å². The molecule has 0 radical (unpaired) electrons. The van der Waals surface area contributed by atoms with Crippen LogP contribution in [0.5, 0.6) is 0 Å². The van der Waals surface area contributed by atoms with Gasteiger partial charge in [-0.1, -0.05) is 6.07 Å². The molecule has 17 heavy (non-hydrogen) atoms. The maximum atomic E-state index is 13.5. The van der Waals surface area contributed by atoms with Gasteiger partial charge >= 0.3 is 0 Å². The van der Waals surface area contributed by atoms with Crippen LogP contribution in [-0.2, 0) is 6.42 Å². The second kappa shape index (κ2) is 4.89. The first-order chi connectivity index (χ1) is 8.08. The number of benzene rings is 1. The third-order valence-corrected chi connectivity index (χ3v) is 3.17. The Morgan fingerprint density at radius 2 is 2.00 bits per heavy atom. The summed E-state index contributed by atoms with van der Waals surface area (Å²) < 4.78 is 27.0. The Hall–Kier alpha value is -1.33. The van der Waals surface area contributed by atoms with Crippen molar-refractivity contribution in [1.29, 1.82) is 0 Å². The average molecular weight is 254 g/mol. The molecule has 0 saturated carbocycles. The minimum atomic E-state index is -0.591. The highest BCUT2D eigenvalue weighted by Gasteiger charge is 2.14. The summed E-state index contributed by atoms with van der Waals surface area (Å²) in [5, 5.41) is 2.14. The van der Waals surface area contributed by atoms with E-state index in [0.29, 0.717) is 11.4 Å². The van der Waals surface area contributed by atoms with Gasteiger partial charge in [0.05, 0.1) is 11.3 Å². The van der Waals surface area contributed by atoms with Crippen LogP contribution in [0.1, 0.15) is 12.6 Å². The molecule has 0 spiro atoms. The van der Waals surface area contributed by atoms with E-state index in [0.717, 1.165) is 5.69 Å². The van der Waals surface area contributed by atoms with Crippen LogP contribution in [0.4, 0.5) is 8.78 Å². The minimum Gasteiger partial charge on any atom is -0.328 e. The zero-order chi connectivity index (χ0) is 12.4. The van der Waals surface area contributed by atoms with Crippen LogP contribution in [0.3, 0.4) is 0 Å². The van der Waals surface area contributed by atoms with Gasteiger partial charge in [-0.3, -0.25) is 0 Å². The smallest absolute Gasteiger partial charge is 0.136 e. The van der Waals surface area contributed by atoms with E-state index in [1.165, 1.54) is 29.5 Å². The normalized spacial score (nSPS) is 12.7. The lowest BCUT2D eigenvalue weighted by molar-refractivity contribution is 0.589. The summed E-state index contributed by atoms with van der Waals surface area (Å²) in [4.78, 5) is 4.20. The molecule has 1 aromatic carbocycles. The zero-order valence-corrected chi connectivity index (χ0v) is 10.1. The van der Waals surface area contributed by atoms with E-state index in [1.54, 1.807) is 5.38 Å². The van der Waals surface area contributed by atoms with Crippen molar-refractivity contribution in [2.75, 3.05) is 0 Å². The van der Waals surface area contributed by atoms with E-state index in [4.69, 9.17) is 5.73 Å². The van der Waals surface area contributed by atoms with Gasteiger partial charge in [-0.2, -0.15) is 0 Å². The monoisotopic (exact) mass is 254 g/mol. The minimum absolute atomic E-state index is 0.0181. The number of rotatable bonds is 3. The summed E-state index contributed by atoms with van der Waals surface area (Å²) in [5.74, 6) is -1.18. The van der Waals surface area contributed by atoms with E-state index in [2.05, 4.69) is 4.98 Å². The van der Waals surface area contributed by atoms with Gasteiger partial charge in [-0.25, -0.2) is 13.8 Å². The van der Waals surface area contributed by atoms with E-state index < -0.39 is 11.6 Å². The van der Waals surface area contributed by atoms with Crippen LogP contribution in [-0.4, -0.2) is 11.0 Å². The Labute approximate surface area is 102 Å². The summed E-state index contributed by atoms with van der Waals surface area (Å²) in [5.41, 5.74) is 6.35. The molecule has 1 atom stereocenters. The van der Waals surface area contributed by atoms with E-state index in [-0.39, 0.29) is 11.6 Å². The molecule has 2 aromatic rings. The Morgan fingerprint density at radius 1 is 1.35 bits per heavy atom. The summed E-state index contributed by atoms with van der Waals surface area (Å²) >= 11 is 1.23. The van der Waals surface area contributed by atoms with Gasteiger partial charge < -0.3 is 5.73 Å². The summed E-state index contributed by atoms with van der Waals surface area (Å²) in [6.45, 7) is 1.86. The van der Waals surface area contributed by atoms with Gasteiger partial charge in [0.15, 0.2) is 0 Å². The SMILES string of the molecule is CC(N)Cc1csc(-c2c(F)cccc2F)n1. The summed E-state index contributed by atoms with van der Waals surface area (Å²) in [7, 11) is 0. The molecule has 2 N–H and O–H groups in total. The summed E-state index contributed by atoms with van der Waals surface area (Å²) in [6, 6.07) is 3.77. The van der Waals surface area contributed by atoms with Gasteiger partial charge in [0.25, 0.3) is 0 Å². The Morgan fingerprint density at radius 3 is 2.59 bits per heavy atom. The molecular weight excluding hydrogens is 242 g/mol. The van der Waals surface area contributed by atoms with Crippen molar-refractivity contribution in [3.63, 3.8) is 0 Å².